The van der Waals surface area contributed by atoms with Gasteiger partial charge in [-0.25, -0.2) is 9.59 Å². The van der Waals surface area contributed by atoms with Gasteiger partial charge in [-0.3, -0.25) is 14.1 Å². The summed E-state index contributed by atoms with van der Waals surface area (Å²) in [7, 11) is 1.77. The maximum absolute atomic E-state index is 13.2. The molecule has 8 nitrogen and oxygen atoms in total. The number of rotatable bonds is 2. The molecule has 182 valence electrons. The van der Waals surface area contributed by atoms with Gasteiger partial charge in [0.25, 0.3) is 0 Å². The fourth-order valence-electron chi connectivity index (χ4n) is 4.50. The quantitative estimate of drug-likeness (QED) is 0.370. The molecule has 1 saturated heterocycles. The summed E-state index contributed by atoms with van der Waals surface area (Å²) in [4.78, 5) is 34.1. The molecule has 4 aromatic rings. The third-order valence-electron chi connectivity index (χ3n) is 6.25. The number of halogens is 1. The predicted molar refractivity (Wildman–Crippen MR) is 142 cm³/mol. The van der Waals surface area contributed by atoms with Gasteiger partial charge in [-0.15, -0.1) is 0 Å². The topological polar surface area (TPSA) is 72.6 Å². The molecule has 0 bridgehead atoms. The van der Waals surface area contributed by atoms with Crippen LogP contribution in [0.5, 0.6) is 0 Å². The van der Waals surface area contributed by atoms with E-state index in [0.29, 0.717) is 13.1 Å². The summed E-state index contributed by atoms with van der Waals surface area (Å²) in [6, 6.07) is 13.9. The molecular formula is C26H28BrN5O3. The number of anilines is 1. The van der Waals surface area contributed by atoms with Crippen LogP contribution in [0.3, 0.4) is 0 Å². The Labute approximate surface area is 211 Å². The Balaban J connectivity index is 1.43. The van der Waals surface area contributed by atoms with Gasteiger partial charge in [0.15, 0.2) is 0 Å². The zero-order valence-electron chi connectivity index (χ0n) is 20.3. The molecule has 0 spiro atoms. The lowest BCUT2D eigenvalue weighted by atomic mass is 10.2. The molecule has 2 aromatic carbocycles. The van der Waals surface area contributed by atoms with E-state index < -0.39 is 5.60 Å². The fourth-order valence-corrected chi connectivity index (χ4v) is 4.86. The standard InChI is InChI=1S/C26H28BrN5O3/c1-26(2,3)35-25(34)31-13-11-30(12-14-31)18-6-8-19(9-7-18)32-23-20-15-17(27)5-10-21(20)28-16-22(23)29(4)24(32)33/h5-10,15-16H,11-14H2,1-4H3. The highest BCUT2D eigenvalue weighted by Crippen LogP contribution is 2.28. The van der Waals surface area contributed by atoms with Gasteiger partial charge in [-0.1, -0.05) is 15.9 Å². The molecule has 9 heteroatoms. The largest absolute Gasteiger partial charge is 0.444 e. The first-order chi connectivity index (χ1) is 16.6. The van der Waals surface area contributed by atoms with Crippen LogP contribution in [0.4, 0.5) is 10.5 Å². The molecule has 2 aromatic heterocycles. The highest BCUT2D eigenvalue weighted by Gasteiger charge is 2.26. The first-order valence-electron chi connectivity index (χ1n) is 11.6. The van der Waals surface area contributed by atoms with E-state index in [1.807, 2.05) is 63.2 Å². The van der Waals surface area contributed by atoms with E-state index in [9.17, 15) is 9.59 Å². The maximum Gasteiger partial charge on any atom is 0.410 e. The van der Waals surface area contributed by atoms with E-state index >= 15 is 0 Å². The number of carbonyl (C=O) groups excluding carboxylic acids is 1. The van der Waals surface area contributed by atoms with Gasteiger partial charge in [-0.2, -0.15) is 0 Å². The molecule has 0 unspecified atom stereocenters. The zero-order chi connectivity index (χ0) is 24.9. The number of aromatic nitrogens is 3. The number of nitrogens with zero attached hydrogens (tertiary/aromatic N) is 5. The summed E-state index contributed by atoms with van der Waals surface area (Å²) in [6.45, 7) is 8.28. The molecule has 0 N–H and O–H groups in total. The molecule has 5 rings (SSSR count). The maximum atomic E-state index is 13.2. The number of fused-ring (bicyclic) bond motifs is 3. The number of benzene rings is 2. The van der Waals surface area contributed by atoms with E-state index in [-0.39, 0.29) is 11.8 Å². The highest BCUT2D eigenvalue weighted by molar-refractivity contribution is 9.10. The van der Waals surface area contributed by atoms with E-state index in [4.69, 9.17) is 4.74 Å². The van der Waals surface area contributed by atoms with Crippen molar-refractivity contribution in [1.82, 2.24) is 19.0 Å². The monoisotopic (exact) mass is 537 g/mol. The SMILES string of the molecule is Cn1c(=O)n(-c2ccc(N3CCN(C(=O)OC(C)(C)C)CC3)cc2)c2c3cc(Br)ccc3ncc21. The third kappa shape index (κ3) is 4.40. The zero-order valence-corrected chi connectivity index (χ0v) is 21.9. The lowest BCUT2D eigenvalue weighted by Crippen LogP contribution is -2.50. The van der Waals surface area contributed by atoms with Gasteiger partial charge < -0.3 is 14.5 Å². The summed E-state index contributed by atoms with van der Waals surface area (Å²) in [6.07, 6.45) is 1.48. The average molecular weight is 538 g/mol. The number of hydrogen-bond acceptors (Lipinski definition) is 5. The smallest absolute Gasteiger partial charge is 0.410 e. The molecule has 1 aliphatic rings. The van der Waals surface area contributed by atoms with Crippen molar-refractivity contribution in [1.29, 1.82) is 0 Å². The van der Waals surface area contributed by atoms with Crippen LogP contribution in [0.2, 0.25) is 0 Å². The molecular weight excluding hydrogens is 510 g/mol. The summed E-state index contributed by atoms with van der Waals surface area (Å²) < 4.78 is 9.81. The van der Waals surface area contributed by atoms with Crippen LogP contribution in [-0.2, 0) is 11.8 Å². The molecule has 35 heavy (non-hydrogen) atoms. The van der Waals surface area contributed by atoms with Crippen molar-refractivity contribution in [2.75, 3.05) is 31.1 Å². The predicted octanol–water partition coefficient (Wildman–Crippen LogP) is 4.70. The van der Waals surface area contributed by atoms with Gasteiger partial charge in [-0.05, 0) is 63.2 Å². The molecule has 1 fully saturated rings. The van der Waals surface area contributed by atoms with Crippen molar-refractivity contribution in [2.45, 2.75) is 26.4 Å². The number of hydrogen-bond donors (Lipinski definition) is 0. The number of ether oxygens (including phenoxy) is 1. The van der Waals surface area contributed by atoms with Crippen LogP contribution in [-0.4, -0.2) is 56.9 Å². The number of carbonyl (C=O) groups is 1. The number of pyridine rings is 1. The minimum absolute atomic E-state index is 0.118. The van der Waals surface area contributed by atoms with Crippen LogP contribution in [0.15, 0.2) is 57.9 Å². The fraction of sp³-hybridized carbons (Fsp3) is 0.346. The number of imidazole rings is 1. The second kappa shape index (κ2) is 8.71. The Morgan fingerprint density at radius 2 is 1.66 bits per heavy atom. The van der Waals surface area contributed by atoms with E-state index in [0.717, 1.165) is 50.9 Å². The van der Waals surface area contributed by atoms with Gasteiger partial charge in [0.2, 0.25) is 0 Å². The average Bonchev–Trinajstić information content (AvgIpc) is 3.08. The molecule has 0 radical (unpaired) electrons. The van der Waals surface area contributed by atoms with Gasteiger partial charge in [0.1, 0.15) is 5.60 Å². The van der Waals surface area contributed by atoms with E-state index in [2.05, 4.69) is 25.8 Å². The minimum Gasteiger partial charge on any atom is -0.444 e. The van der Waals surface area contributed by atoms with Crippen molar-refractivity contribution in [3.63, 3.8) is 0 Å². The first-order valence-corrected chi connectivity index (χ1v) is 12.4. The minimum atomic E-state index is -0.499. The molecule has 1 aliphatic heterocycles. The number of piperazine rings is 1. The molecule has 1 amide bonds. The second-order valence-electron chi connectivity index (χ2n) is 9.80. The molecule has 3 heterocycles. The van der Waals surface area contributed by atoms with Crippen LogP contribution < -0.4 is 10.6 Å². The number of amides is 1. The number of aryl methyl sites for hydroxylation is 1. The third-order valence-corrected chi connectivity index (χ3v) is 6.74. The Morgan fingerprint density at radius 1 is 1.00 bits per heavy atom. The summed E-state index contributed by atoms with van der Waals surface area (Å²) in [5, 5.41) is 0.914. The van der Waals surface area contributed by atoms with Crippen LogP contribution >= 0.6 is 15.9 Å². The normalized spacial score (nSPS) is 14.7. The van der Waals surface area contributed by atoms with E-state index in [1.165, 1.54) is 0 Å². The van der Waals surface area contributed by atoms with Crippen molar-refractivity contribution in [3.05, 3.63) is 63.6 Å². The van der Waals surface area contributed by atoms with Crippen LogP contribution in [0.1, 0.15) is 20.8 Å². The molecule has 0 atom stereocenters. The van der Waals surface area contributed by atoms with Crippen LogP contribution in [0, 0.1) is 0 Å². The molecule has 0 saturated carbocycles. The lowest BCUT2D eigenvalue weighted by molar-refractivity contribution is 0.0240. The summed E-state index contributed by atoms with van der Waals surface area (Å²) in [5.74, 6) is 0. The van der Waals surface area contributed by atoms with E-state index in [1.54, 1.807) is 27.3 Å². The highest BCUT2D eigenvalue weighted by atomic mass is 79.9. The van der Waals surface area contributed by atoms with Gasteiger partial charge >= 0.3 is 11.8 Å². The lowest BCUT2D eigenvalue weighted by Gasteiger charge is -2.36. The van der Waals surface area contributed by atoms with Gasteiger partial charge in [0, 0.05) is 48.8 Å². The Hall–Kier alpha value is -3.33. The first kappa shape index (κ1) is 23.4. The van der Waals surface area contributed by atoms with Crippen molar-refractivity contribution in [3.8, 4) is 5.69 Å². The van der Waals surface area contributed by atoms with Crippen molar-refractivity contribution >= 4 is 49.6 Å². The Bertz CT molecular complexity index is 1480. The van der Waals surface area contributed by atoms with Crippen molar-refractivity contribution < 1.29 is 9.53 Å². The van der Waals surface area contributed by atoms with Crippen LogP contribution in [0.25, 0.3) is 27.6 Å². The summed E-state index contributed by atoms with van der Waals surface area (Å²) >= 11 is 3.55. The van der Waals surface area contributed by atoms with Crippen molar-refractivity contribution in [2.24, 2.45) is 7.05 Å². The molecule has 0 aliphatic carbocycles. The summed E-state index contributed by atoms with van der Waals surface area (Å²) in [5.41, 5.74) is 3.68. The Kier molecular flexibility index (Phi) is 5.83. The van der Waals surface area contributed by atoms with Gasteiger partial charge in [0.05, 0.1) is 28.4 Å². The Morgan fingerprint density at radius 3 is 2.31 bits per heavy atom. The second-order valence-corrected chi connectivity index (χ2v) is 10.7.